The van der Waals surface area contributed by atoms with Crippen LogP contribution in [0.25, 0.3) is 0 Å². The zero-order chi connectivity index (χ0) is 11.0. The molecule has 2 saturated carbocycles. The Morgan fingerprint density at radius 2 is 2.20 bits per heavy atom. The number of thioether (sulfide) groups is 1. The summed E-state index contributed by atoms with van der Waals surface area (Å²) in [5.74, 6) is 1.10. The van der Waals surface area contributed by atoms with Crippen molar-refractivity contribution in [2.24, 2.45) is 11.8 Å². The van der Waals surface area contributed by atoms with Crippen molar-refractivity contribution in [1.82, 2.24) is 5.32 Å². The van der Waals surface area contributed by atoms with Crippen LogP contribution in [0.15, 0.2) is 0 Å². The fourth-order valence-corrected chi connectivity index (χ4v) is 3.77. The second kappa shape index (κ2) is 4.34. The highest BCUT2D eigenvalue weighted by Gasteiger charge is 2.53. The molecule has 0 bridgehead atoms. The molecule has 0 radical (unpaired) electrons. The van der Waals surface area contributed by atoms with Crippen molar-refractivity contribution < 1.29 is 9.90 Å². The Kier molecular flexibility index (Phi) is 3.26. The monoisotopic (exact) mass is 229 g/mol. The highest BCUT2D eigenvalue weighted by molar-refractivity contribution is 7.99. The zero-order valence-corrected chi connectivity index (χ0v) is 10.1. The van der Waals surface area contributed by atoms with Gasteiger partial charge in [-0.15, -0.1) is 0 Å². The molecular formula is C11H19NO2S. The molecule has 15 heavy (non-hydrogen) atoms. The third-order valence-electron chi connectivity index (χ3n) is 3.89. The van der Waals surface area contributed by atoms with Crippen LogP contribution in [0.3, 0.4) is 0 Å². The molecule has 2 rings (SSSR count). The van der Waals surface area contributed by atoms with Gasteiger partial charge in [-0.25, -0.2) is 0 Å². The van der Waals surface area contributed by atoms with Crippen LogP contribution in [0.1, 0.15) is 26.2 Å². The normalized spacial score (nSPS) is 43.3. The van der Waals surface area contributed by atoms with E-state index in [4.69, 9.17) is 0 Å². The van der Waals surface area contributed by atoms with E-state index < -0.39 is 0 Å². The van der Waals surface area contributed by atoms with Gasteiger partial charge in [-0.2, -0.15) is 11.8 Å². The Labute approximate surface area is 95.0 Å². The molecule has 86 valence electrons. The van der Waals surface area contributed by atoms with Gasteiger partial charge in [0, 0.05) is 17.7 Å². The van der Waals surface area contributed by atoms with Gasteiger partial charge < -0.3 is 10.4 Å². The molecular weight excluding hydrogens is 210 g/mol. The zero-order valence-electron chi connectivity index (χ0n) is 9.27. The number of carbonyl (C=O) groups excluding carboxylic acids is 1. The molecule has 5 atom stereocenters. The summed E-state index contributed by atoms with van der Waals surface area (Å²) in [5, 5.41) is 13.4. The lowest BCUT2D eigenvalue weighted by molar-refractivity contribution is -0.123. The van der Waals surface area contributed by atoms with Gasteiger partial charge in [0.25, 0.3) is 0 Å². The average molecular weight is 229 g/mol. The number of amides is 1. The van der Waals surface area contributed by atoms with Crippen molar-refractivity contribution in [3.05, 3.63) is 0 Å². The maximum absolute atomic E-state index is 11.3. The van der Waals surface area contributed by atoms with Gasteiger partial charge in [0.15, 0.2) is 0 Å². The number of carbonyl (C=O) groups is 1. The van der Waals surface area contributed by atoms with E-state index in [1.54, 1.807) is 11.8 Å². The van der Waals surface area contributed by atoms with Crippen molar-refractivity contribution in [1.29, 1.82) is 0 Å². The molecule has 2 N–H and O–H groups in total. The van der Waals surface area contributed by atoms with Crippen molar-refractivity contribution in [3.8, 4) is 0 Å². The lowest BCUT2D eigenvalue weighted by Crippen LogP contribution is -2.52. The summed E-state index contributed by atoms with van der Waals surface area (Å²) >= 11 is 1.75. The molecule has 1 amide bonds. The molecule has 0 aromatic heterocycles. The minimum atomic E-state index is -0.153. The number of aliphatic hydroxyl groups is 1. The fourth-order valence-electron chi connectivity index (χ4n) is 2.87. The smallest absolute Gasteiger partial charge is 0.219 e. The van der Waals surface area contributed by atoms with E-state index in [1.165, 1.54) is 0 Å². The summed E-state index contributed by atoms with van der Waals surface area (Å²) in [4.78, 5) is 11.3. The number of hydrogen-bond acceptors (Lipinski definition) is 3. The Hall–Kier alpha value is -0.220. The van der Waals surface area contributed by atoms with E-state index in [0.29, 0.717) is 29.5 Å². The van der Waals surface area contributed by atoms with Crippen molar-refractivity contribution >= 4 is 17.7 Å². The summed E-state index contributed by atoms with van der Waals surface area (Å²) in [6.07, 6.45) is 4.48. The first-order valence-electron chi connectivity index (χ1n) is 5.67. The van der Waals surface area contributed by atoms with Crippen molar-refractivity contribution in [2.75, 3.05) is 6.26 Å². The second-order valence-corrected chi connectivity index (χ2v) is 5.67. The number of aliphatic hydroxyl groups excluding tert-OH is 1. The predicted molar refractivity (Wildman–Crippen MR) is 61.7 cm³/mol. The molecule has 3 nitrogen and oxygen atoms in total. The van der Waals surface area contributed by atoms with Gasteiger partial charge in [-0.3, -0.25) is 4.79 Å². The van der Waals surface area contributed by atoms with E-state index in [-0.39, 0.29) is 12.0 Å². The molecule has 2 aliphatic rings. The van der Waals surface area contributed by atoms with Crippen LogP contribution in [-0.2, 0) is 4.79 Å². The lowest BCUT2D eigenvalue weighted by Gasteiger charge is -2.41. The molecule has 0 aliphatic heterocycles. The Morgan fingerprint density at radius 3 is 2.80 bits per heavy atom. The summed E-state index contributed by atoms with van der Waals surface area (Å²) in [7, 11) is 0. The minimum Gasteiger partial charge on any atom is -0.392 e. The van der Waals surface area contributed by atoms with E-state index in [9.17, 15) is 9.90 Å². The highest BCUT2D eigenvalue weighted by Crippen LogP contribution is 2.50. The summed E-state index contributed by atoms with van der Waals surface area (Å²) < 4.78 is 0. The first-order chi connectivity index (χ1) is 7.17. The standard InChI is InChI=1S/C11H19NO2S/c1-3-10(13)12-8-4-7-6(8)5-9(15-2)11(7)14/h6-9,11,14H,3-5H2,1-2H3,(H,12,13)/t6-,7-,8+,9+,11+/m0/s1. The first-order valence-corrected chi connectivity index (χ1v) is 6.96. The summed E-state index contributed by atoms with van der Waals surface area (Å²) in [6, 6.07) is 0.328. The van der Waals surface area contributed by atoms with Gasteiger partial charge in [-0.05, 0) is 30.9 Å². The van der Waals surface area contributed by atoms with Crippen LogP contribution in [0.4, 0.5) is 0 Å². The fraction of sp³-hybridized carbons (Fsp3) is 0.909. The van der Waals surface area contributed by atoms with Crippen LogP contribution in [0.2, 0.25) is 0 Å². The first kappa shape index (κ1) is 11.3. The largest absolute Gasteiger partial charge is 0.392 e. The average Bonchev–Trinajstić information content (AvgIpc) is 2.47. The van der Waals surface area contributed by atoms with Gasteiger partial charge in [-0.1, -0.05) is 6.92 Å². The highest BCUT2D eigenvalue weighted by atomic mass is 32.2. The molecule has 0 aromatic rings. The SMILES string of the molecule is CCC(=O)N[C@@H]1C[C@@H]2[C@@H](O)[C@H](SC)C[C@@H]21. The Morgan fingerprint density at radius 1 is 1.47 bits per heavy atom. The number of fused-ring (bicyclic) bond motifs is 1. The maximum atomic E-state index is 11.3. The summed E-state index contributed by atoms with van der Waals surface area (Å²) in [5.41, 5.74) is 0. The lowest BCUT2D eigenvalue weighted by atomic mass is 9.71. The molecule has 0 saturated heterocycles. The van der Waals surface area contributed by atoms with Crippen LogP contribution in [-0.4, -0.2) is 34.7 Å². The van der Waals surface area contributed by atoms with E-state index in [1.807, 2.05) is 6.92 Å². The predicted octanol–water partition coefficient (Wildman–Crippen LogP) is 1.01. The minimum absolute atomic E-state index is 0.139. The van der Waals surface area contributed by atoms with Crippen LogP contribution in [0, 0.1) is 11.8 Å². The van der Waals surface area contributed by atoms with Gasteiger partial charge in [0.05, 0.1) is 6.10 Å². The Bertz CT molecular complexity index is 259. The summed E-state index contributed by atoms with van der Waals surface area (Å²) in [6.45, 7) is 1.87. The van der Waals surface area contributed by atoms with Crippen molar-refractivity contribution in [2.45, 2.75) is 43.6 Å². The molecule has 0 aromatic carbocycles. The van der Waals surface area contributed by atoms with Crippen LogP contribution in [0.5, 0.6) is 0 Å². The molecule has 0 spiro atoms. The number of rotatable bonds is 3. The molecule has 2 fully saturated rings. The Balaban J connectivity index is 1.88. The topological polar surface area (TPSA) is 49.3 Å². The van der Waals surface area contributed by atoms with Crippen molar-refractivity contribution in [3.63, 3.8) is 0 Å². The maximum Gasteiger partial charge on any atom is 0.219 e. The second-order valence-electron chi connectivity index (χ2n) is 4.59. The van der Waals surface area contributed by atoms with Gasteiger partial charge in [0.2, 0.25) is 5.91 Å². The van der Waals surface area contributed by atoms with Crippen LogP contribution < -0.4 is 5.32 Å². The molecule has 2 aliphatic carbocycles. The third-order valence-corrected chi connectivity index (χ3v) is 4.96. The van der Waals surface area contributed by atoms with Gasteiger partial charge >= 0.3 is 0 Å². The third kappa shape index (κ3) is 1.89. The number of hydrogen-bond donors (Lipinski definition) is 2. The van der Waals surface area contributed by atoms with E-state index >= 15 is 0 Å². The molecule has 0 unspecified atom stereocenters. The van der Waals surface area contributed by atoms with E-state index in [2.05, 4.69) is 11.6 Å². The molecule has 4 heteroatoms. The van der Waals surface area contributed by atoms with Gasteiger partial charge in [0.1, 0.15) is 0 Å². The van der Waals surface area contributed by atoms with E-state index in [0.717, 1.165) is 12.8 Å². The number of nitrogens with one attached hydrogen (secondary N) is 1. The quantitative estimate of drug-likeness (QED) is 0.759. The van der Waals surface area contributed by atoms with Crippen LogP contribution >= 0.6 is 11.8 Å². The molecule has 0 heterocycles.